The Morgan fingerprint density at radius 2 is 1.54 bits per heavy atom. The van der Waals surface area contributed by atoms with E-state index in [2.05, 4.69) is 0 Å². The molecule has 0 unspecified atom stereocenters. The molecule has 0 atom stereocenters. The van der Waals surface area contributed by atoms with Crippen molar-refractivity contribution in [3.05, 3.63) is 62.2 Å². The van der Waals surface area contributed by atoms with Crippen molar-refractivity contribution in [1.29, 1.82) is 0 Å². The van der Waals surface area contributed by atoms with Crippen molar-refractivity contribution in [1.82, 2.24) is 0 Å². The first kappa shape index (κ1) is 24.2. The summed E-state index contributed by atoms with van der Waals surface area (Å²) in [6.45, 7) is 0.391. The number of fused-ring (bicyclic) bond motifs is 2. The number of aliphatic carboxylic acids is 2. The summed E-state index contributed by atoms with van der Waals surface area (Å²) in [7, 11) is 0. The first-order chi connectivity index (χ1) is 16.5. The fraction of sp³-hybridized carbons (Fsp3) is 0.125. The zero-order valence-corrected chi connectivity index (χ0v) is 19.5. The summed E-state index contributed by atoms with van der Waals surface area (Å²) in [4.78, 5) is 35.7. The van der Waals surface area contributed by atoms with E-state index in [9.17, 15) is 34.8 Å². The lowest BCUT2D eigenvalue weighted by Crippen LogP contribution is -2.34. The van der Waals surface area contributed by atoms with Crippen LogP contribution in [0.5, 0.6) is 11.5 Å². The van der Waals surface area contributed by atoms with E-state index in [0.717, 1.165) is 4.90 Å². The quantitative estimate of drug-likeness (QED) is 0.270. The van der Waals surface area contributed by atoms with Gasteiger partial charge in [0.1, 0.15) is 35.9 Å². The van der Waals surface area contributed by atoms with Crippen LogP contribution < -0.4 is 10.3 Å². The molecule has 2 aromatic rings. The van der Waals surface area contributed by atoms with Crippen molar-refractivity contribution in [3.8, 4) is 33.9 Å². The molecule has 35 heavy (non-hydrogen) atoms. The normalized spacial score (nSPS) is 11.2. The van der Waals surface area contributed by atoms with Crippen molar-refractivity contribution in [2.45, 2.75) is 6.92 Å². The second-order valence-electron chi connectivity index (χ2n) is 7.86. The van der Waals surface area contributed by atoms with Gasteiger partial charge >= 0.3 is 11.9 Å². The number of anilines is 1. The van der Waals surface area contributed by atoms with Crippen LogP contribution in [0.3, 0.4) is 0 Å². The fourth-order valence-corrected chi connectivity index (χ4v) is 4.27. The average Bonchev–Trinajstić information content (AvgIpc) is 2.75. The molecule has 9 nitrogen and oxygen atoms in total. The minimum atomic E-state index is -1.27. The van der Waals surface area contributed by atoms with Crippen molar-refractivity contribution >= 4 is 51.8 Å². The highest BCUT2D eigenvalue weighted by atomic mass is 35.5. The van der Waals surface area contributed by atoms with Gasteiger partial charge in [0.2, 0.25) is 5.43 Å². The summed E-state index contributed by atoms with van der Waals surface area (Å²) >= 11 is 12.3. The molecular weight excluding hydrogens is 501 g/mol. The number of aromatic hydroxyl groups is 2. The van der Waals surface area contributed by atoms with Crippen molar-refractivity contribution in [3.63, 3.8) is 0 Å². The molecule has 1 aliphatic heterocycles. The number of halogens is 2. The highest BCUT2D eigenvalue weighted by molar-refractivity contribution is 6.33. The SMILES string of the molecule is Cc1cc(N(CC(=O)O)CC(=O)O)c(O)cc1-c1c2cc(Cl)c(=O)cc-2oc2cc(O)c(Cl)cc12. The Kier molecular flexibility index (Phi) is 6.23. The summed E-state index contributed by atoms with van der Waals surface area (Å²) in [6.07, 6.45) is 0. The number of phenolic OH excluding ortho intramolecular Hbond substituents is 2. The molecule has 0 radical (unpaired) electrons. The lowest BCUT2D eigenvalue weighted by atomic mass is 9.90. The molecular formula is C24H17Cl2NO8. The molecule has 1 heterocycles. The largest absolute Gasteiger partial charge is 0.506 e. The van der Waals surface area contributed by atoms with Gasteiger partial charge in [-0.05, 0) is 42.3 Å². The molecule has 11 heteroatoms. The predicted molar refractivity (Wildman–Crippen MR) is 130 cm³/mol. The first-order valence-electron chi connectivity index (χ1n) is 10.1. The number of hydrogen-bond donors (Lipinski definition) is 4. The third kappa shape index (κ3) is 4.55. The van der Waals surface area contributed by atoms with Gasteiger partial charge in [-0.15, -0.1) is 0 Å². The van der Waals surface area contributed by atoms with Crippen molar-refractivity contribution in [2.24, 2.45) is 0 Å². The van der Waals surface area contributed by atoms with Gasteiger partial charge in [0, 0.05) is 28.6 Å². The van der Waals surface area contributed by atoms with Crippen molar-refractivity contribution in [2.75, 3.05) is 18.0 Å². The fourth-order valence-electron chi connectivity index (χ4n) is 3.95. The van der Waals surface area contributed by atoms with E-state index in [1.54, 1.807) is 6.92 Å². The van der Waals surface area contributed by atoms with Gasteiger partial charge in [-0.1, -0.05) is 23.2 Å². The second kappa shape index (κ2) is 9.01. The number of hydrogen-bond acceptors (Lipinski definition) is 7. The highest BCUT2D eigenvalue weighted by Crippen LogP contribution is 2.46. The zero-order valence-electron chi connectivity index (χ0n) is 18.0. The number of benzene rings is 3. The second-order valence-corrected chi connectivity index (χ2v) is 8.67. The first-order valence-corrected chi connectivity index (χ1v) is 10.8. The molecule has 0 fully saturated rings. The van der Waals surface area contributed by atoms with E-state index in [0.29, 0.717) is 27.6 Å². The van der Waals surface area contributed by atoms with E-state index in [-0.39, 0.29) is 38.6 Å². The number of nitrogens with zero attached hydrogens (tertiary/aromatic N) is 1. The van der Waals surface area contributed by atoms with Crippen LogP contribution in [0.15, 0.2) is 45.6 Å². The molecule has 0 saturated carbocycles. The number of rotatable bonds is 6. The molecule has 4 N–H and O–H groups in total. The molecule has 0 spiro atoms. The molecule has 0 saturated heterocycles. The molecule has 4 rings (SSSR count). The van der Waals surface area contributed by atoms with Crippen LogP contribution in [-0.2, 0) is 9.59 Å². The van der Waals surface area contributed by atoms with Gasteiger partial charge in [-0.3, -0.25) is 14.4 Å². The Labute approximate surface area is 207 Å². The molecule has 0 amide bonds. The molecule has 1 aliphatic carbocycles. The maximum absolute atomic E-state index is 12.2. The van der Waals surface area contributed by atoms with E-state index < -0.39 is 30.5 Å². The Bertz CT molecular complexity index is 1530. The summed E-state index contributed by atoms with van der Waals surface area (Å²) in [5, 5.41) is 39.7. The van der Waals surface area contributed by atoms with E-state index in [1.807, 2.05) is 0 Å². The Morgan fingerprint density at radius 1 is 0.886 bits per heavy atom. The summed E-state index contributed by atoms with van der Waals surface area (Å²) < 4.78 is 5.82. The van der Waals surface area contributed by atoms with Crippen molar-refractivity contribution < 1.29 is 34.4 Å². The van der Waals surface area contributed by atoms with Gasteiger partial charge in [0.15, 0.2) is 0 Å². The lowest BCUT2D eigenvalue weighted by molar-refractivity contribution is -0.136. The minimum Gasteiger partial charge on any atom is -0.506 e. The van der Waals surface area contributed by atoms with E-state index >= 15 is 0 Å². The number of phenols is 2. The number of carboxylic acids is 2. The maximum atomic E-state index is 12.2. The Hall–Kier alpha value is -3.95. The van der Waals surface area contributed by atoms with Gasteiger partial charge in [0.05, 0.1) is 15.7 Å². The molecule has 0 bridgehead atoms. The van der Waals surface area contributed by atoms with E-state index in [1.165, 1.54) is 36.4 Å². The van der Waals surface area contributed by atoms with Crippen LogP contribution in [0.2, 0.25) is 10.0 Å². The molecule has 180 valence electrons. The maximum Gasteiger partial charge on any atom is 0.323 e. The smallest absolute Gasteiger partial charge is 0.323 e. The zero-order chi connectivity index (χ0) is 25.6. The highest BCUT2D eigenvalue weighted by Gasteiger charge is 2.24. The van der Waals surface area contributed by atoms with E-state index in [4.69, 9.17) is 27.6 Å². The average molecular weight is 518 g/mol. The predicted octanol–water partition coefficient (Wildman–Crippen LogP) is 4.57. The van der Waals surface area contributed by atoms with Crippen LogP contribution in [0.1, 0.15) is 5.56 Å². The minimum absolute atomic E-state index is 0.0147. The van der Waals surface area contributed by atoms with Gasteiger partial charge in [-0.2, -0.15) is 0 Å². The Balaban J connectivity index is 2.04. The summed E-state index contributed by atoms with van der Waals surface area (Å²) in [5.74, 6) is -2.98. The number of carboxylic acid groups (broad SMARTS) is 2. The van der Waals surface area contributed by atoms with Gasteiger partial charge in [-0.25, -0.2) is 0 Å². The monoisotopic (exact) mass is 517 g/mol. The number of aryl methyl sites for hydroxylation is 1. The Morgan fingerprint density at radius 3 is 2.17 bits per heavy atom. The molecule has 0 aromatic heterocycles. The molecule has 2 aromatic carbocycles. The van der Waals surface area contributed by atoms with Crippen LogP contribution in [0.25, 0.3) is 33.4 Å². The summed E-state index contributed by atoms with van der Waals surface area (Å²) in [6, 6.07) is 8.21. The standard InChI is InChI=1S/C24H17Cl2NO8/c1-10-2-16(27(8-22(31)32)9-23(33)34)19(30)5-11(10)24-12-3-14(25)17(28)6-20(12)35-21-7-18(29)15(26)4-13(21)24/h2-7,28,30H,8-9H2,1H3,(H,31,32)(H,33,34). The van der Waals surface area contributed by atoms with Gasteiger partial charge < -0.3 is 29.7 Å². The van der Waals surface area contributed by atoms with Crippen LogP contribution in [-0.4, -0.2) is 45.5 Å². The summed E-state index contributed by atoms with van der Waals surface area (Å²) in [5.41, 5.74) is 1.65. The van der Waals surface area contributed by atoms with Gasteiger partial charge in [0.25, 0.3) is 0 Å². The van der Waals surface area contributed by atoms with Crippen LogP contribution in [0, 0.1) is 6.92 Å². The topological polar surface area (TPSA) is 149 Å². The van der Waals surface area contributed by atoms with Crippen LogP contribution in [0.4, 0.5) is 5.69 Å². The van der Waals surface area contributed by atoms with Crippen LogP contribution >= 0.6 is 23.2 Å². The molecule has 2 aliphatic rings. The number of carbonyl (C=O) groups is 2. The lowest BCUT2D eigenvalue weighted by Gasteiger charge is -2.24. The third-order valence-electron chi connectivity index (χ3n) is 5.43. The third-order valence-corrected chi connectivity index (χ3v) is 6.02.